The lowest BCUT2D eigenvalue weighted by Gasteiger charge is -2.30. The lowest BCUT2D eigenvalue weighted by atomic mass is 9.85. The van der Waals surface area contributed by atoms with Crippen LogP contribution in [0.15, 0.2) is 0 Å². The van der Waals surface area contributed by atoms with Gasteiger partial charge in [0.25, 0.3) is 0 Å². The largest absolute Gasteiger partial charge is 0.361 e. The summed E-state index contributed by atoms with van der Waals surface area (Å²) in [6.07, 6.45) is 2.51. The molecular formula is C14H25NO2. The Labute approximate surface area is 105 Å². The summed E-state index contributed by atoms with van der Waals surface area (Å²) in [7, 11) is 0. The molecule has 2 rings (SSSR count). The van der Waals surface area contributed by atoms with Gasteiger partial charge in [0.05, 0.1) is 11.5 Å². The second kappa shape index (κ2) is 4.06. The Morgan fingerprint density at radius 2 is 2.00 bits per heavy atom. The maximum Gasteiger partial charge on any atom is 0.171 e. The van der Waals surface area contributed by atoms with E-state index in [1.54, 1.807) is 0 Å². The first-order chi connectivity index (χ1) is 7.74. The SMILES string of the molecule is CC1CCCN1CC1C(=O)C(C)(C)OC1(C)C. The van der Waals surface area contributed by atoms with E-state index in [1.807, 2.05) is 27.7 Å². The van der Waals surface area contributed by atoms with Crippen molar-refractivity contribution in [3.8, 4) is 0 Å². The number of nitrogens with zero attached hydrogens (tertiary/aromatic N) is 1. The lowest BCUT2D eigenvalue weighted by molar-refractivity contribution is -0.132. The molecule has 0 bridgehead atoms. The Balaban J connectivity index is 2.12. The van der Waals surface area contributed by atoms with Gasteiger partial charge in [-0.1, -0.05) is 0 Å². The summed E-state index contributed by atoms with van der Waals surface area (Å²) in [5, 5.41) is 0. The highest BCUT2D eigenvalue weighted by molar-refractivity contribution is 5.91. The van der Waals surface area contributed by atoms with E-state index >= 15 is 0 Å². The topological polar surface area (TPSA) is 29.5 Å². The van der Waals surface area contributed by atoms with Gasteiger partial charge in [0.15, 0.2) is 5.78 Å². The van der Waals surface area contributed by atoms with Crippen molar-refractivity contribution in [2.75, 3.05) is 13.1 Å². The number of rotatable bonds is 2. The Kier molecular flexibility index (Phi) is 3.11. The van der Waals surface area contributed by atoms with Crippen molar-refractivity contribution in [1.29, 1.82) is 0 Å². The average molecular weight is 239 g/mol. The Morgan fingerprint density at radius 3 is 2.41 bits per heavy atom. The molecule has 0 amide bonds. The highest BCUT2D eigenvalue weighted by Crippen LogP contribution is 2.40. The fourth-order valence-electron chi connectivity index (χ4n) is 3.32. The Morgan fingerprint density at radius 1 is 1.35 bits per heavy atom. The average Bonchev–Trinajstić information content (AvgIpc) is 2.62. The third-order valence-corrected chi connectivity index (χ3v) is 4.37. The minimum atomic E-state index is -0.614. The van der Waals surface area contributed by atoms with E-state index in [1.165, 1.54) is 12.8 Å². The number of likely N-dealkylation sites (tertiary alicyclic amines) is 1. The quantitative estimate of drug-likeness (QED) is 0.740. The molecule has 0 aromatic carbocycles. The molecule has 0 radical (unpaired) electrons. The third kappa shape index (κ3) is 2.27. The van der Waals surface area contributed by atoms with Gasteiger partial charge in [-0.05, 0) is 54.0 Å². The van der Waals surface area contributed by atoms with E-state index in [9.17, 15) is 4.79 Å². The lowest BCUT2D eigenvalue weighted by Crippen LogP contribution is -2.42. The van der Waals surface area contributed by atoms with Gasteiger partial charge in [0.2, 0.25) is 0 Å². The summed E-state index contributed by atoms with van der Waals surface area (Å²) in [6, 6.07) is 0.613. The van der Waals surface area contributed by atoms with Crippen LogP contribution in [0.3, 0.4) is 0 Å². The summed E-state index contributed by atoms with van der Waals surface area (Å²) in [4.78, 5) is 14.8. The van der Waals surface area contributed by atoms with Gasteiger partial charge in [-0.3, -0.25) is 9.69 Å². The summed E-state index contributed by atoms with van der Waals surface area (Å²) < 4.78 is 5.93. The van der Waals surface area contributed by atoms with Crippen molar-refractivity contribution in [2.24, 2.45) is 5.92 Å². The van der Waals surface area contributed by atoms with Crippen molar-refractivity contribution in [3.05, 3.63) is 0 Å². The van der Waals surface area contributed by atoms with Gasteiger partial charge in [0.1, 0.15) is 5.60 Å². The van der Waals surface area contributed by atoms with Gasteiger partial charge >= 0.3 is 0 Å². The normalized spacial score (nSPS) is 36.6. The molecule has 2 fully saturated rings. The highest BCUT2D eigenvalue weighted by Gasteiger charge is 2.53. The highest BCUT2D eigenvalue weighted by atomic mass is 16.5. The van der Waals surface area contributed by atoms with Crippen molar-refractivity contribution in [2.45, 2.75) is 64.7 Å². The number of carbonyl (C=O) groups excluding carboxylic acids is 1. The molecule has 0 aliphatic carbocycles. The zero-order chi connectivity index (χ0) is 12.8. The first-order valence-electron chi connectivity index (χ1n) is 6.72. The predicted molar refractivity (Wildman–Crippen MR) is 68.0 cm³/mol. The Bertz CT molecular complexity index is 322. The molecule has 2 aliphatic rings. The van der Waals surface area contributed by atoms with Gasteiger partial charge in [-0.25, -0.2) is 0 Å². The molecule has 0 aromatic rings. The van der Waals surface area contributed by atoms with Crippen LogP contribution in [0.5, 0.6) is 0 Å². The molecular weight excluding hydrogens is 214 g/mol. The van der Waals surface area contributed by atoms with Crippen LogP contribution in [0, 0.1) is 5.92 Å². The maximum atomic E-state index is 12.4. The zero-order valence-electron chi connectivity index (χ0n) is 11.7. The predicted octanol–water partition coefficient (Wildman–Crippen LogP) is 2.24. The van der Waals surface area contributed by atoms with Crippen LogP contribution in [0.2, 0.25) is 0 Å². The minimum absolute atomic E-state index is 0.0121. The second-order valence-corrected chi connectivity index (χ2v) is 6.62. The standard InChI is InChI=1S/C14H25NO2/c1-10-7-6-8-15(10)9-11-12(16)14(4,5)17-13(11,2)3/h10-11H,6-9H2,1-5H3. The molecule has 3 heteroatoms. The smallest absolute Gasteiger partial charge is 0.171 e. The molecule has 98 valence electrons. The number of hydrogen-bond donors (Lipinski definition) is 0. The molecule has 0 saturated carbocycles. The van der Waals surface area contributed by atoms with Crippen molar-refractivity contribution in [1.82, 2.24) is 4.90 Å². The van der Waals surface area contributed by atoms with Crippen LogP contribution in [0.1, 0.15) is 47.5 Å². The van der Waals surface area contributed by atoms with Gasteiger partial charge in [-0.15, -0.1) is 0 Å². The zero-order valence-corrected chi connectivity index (χ0v) is 11.7. The number of Topliss-reactive ketones (excluding diaryl/α,β-unsaturated/α-hetero) is 1. The summed E-state index contributed by atoms with van der Waals surface area (Å²) in [6.45, 7) is 12.1. The van der Waals surface area contributed by atoms with E-state index in [4.69, 9.17) is 4.74 Å². The fourth-order valence-corrected chi connectivity index (χ4v) is 3.32. The van der Waals surface area contributed by atoms with E-state index in [2.05, 4.69) is 11.8 Å². The summed E-state index contributed by atoms with van der Waals surface area (Å²) in [5.41, 5.74) is -0.944. The molecule has 0 N–H and O–H groups in total. The van der Waals surface area contributed by atoms with Crippen molar-refractivity contribution < 1.29 is 9.53 Å². The van der Waals surface area contributed by atoms with Crippen molar-refractivity contribution >= 4 is 5.78 Å². The molecule has 2 atom stereocenters. The summed E-state index contributed by atoms with van der Waals surface area (Å²) >= 11 is 0. The maximum absolute atomic E-state index is 12.4. The summed E-state index contributed by atoms with van der Waals surface area (Å²) in [5.74, 6) is 0.277. The van der Waals surface area contributed by atoms with E-state index in [-0.39, 0.29) is 17.3 Å². The minimum Gasteiger partial charge on any atom is -0.361 e. The first-order valence-corrected chi connectivity index (χ1v) is 6.72. The van der Waals surface area contributed by atoms with Crippen LogP contribution in [0.4, 0.5) is 0 Å². The van der Waals surface area contributed by atoms with Crippen LogP contribution in [-0.2, 0) is 9.53 Å². The molecule has 2 aliphatic heterocycles. The van der Waals surface area contributed by atoms with Crippen LogP contribution < -0.4 is 0 Å². The first kappa shape index (κ1) is 13.0. The molecule has 0 aromatic heterocycles. The number of carbonyl (C=O) groups is 1. The van der Waals surface area contributed by atoms with Gasteiger partial charge in [-0.2, -0.15) is 0 Å². The van der Waals surface area contributed by atoms with E-state index in [0.29, 0.717) is 6.04 Å². The molecule has 2 heterocycles. The van der Waals surface area contributed by atoms with Crippen LogP contribution in [0.25, 0.3) is 0 Å². The number of ketones is 1. The van der Waals surface area contributed by atoms with Crippen LogP contribution >= 0.6 is 0 Å². The van der Waals surface area contributed by atoms with Gasteiger partial charge in [0, 0.05) is 12.6 Å². The van der Waals surface area contributed by atoms with E-state index in [0.717, 1.165) is 13.1 Å². The van der Waals surface area contributed by atoms with Crippen LogP contribution in [-0.4, -0.2) is 41.0 Å². The molecule has 2 unspecified atom stereocenters. The van der Waals surface area contributed by atoms with Crippen molar-refractivity contribution in [3.63, 3.8) is 0 Å². The van der Waals surface area contributed by atoms with Gasteiger partial charge < -0.3 is 4.74 Å². The molecule has 3 nitrogen and oxygen atoms in total. The Hall–Kier alpha value is -0.410. The number of ether oxygens (including phenoxy) is 1. The number of hydrogen-bond acceptors (Lipinski definition) is 3. The molecule has 2 saturated heterocycles. The molecule has 17 heavy (non-hydrogen) atoms. The van der Waals surface area contributed by atoms with E-state index < -0.39 is 5.60 Å². The second-order valence-electron chi connectivity index (χ2n) is 6.62. The third-order valence-electron chi connectivity index (χ3n) is 4.37. The monoisotopic (exact) mass is 239 g/mol. The molecule has 0 spiro atoms. The fraction of sp³-hybridized carbons (Fsp3) is 0.929.